The lowest BCUT2D eigenvalue weighted by molar-refractivity contribution is -0.139. The Balaban J connectivity index is 0.00000312. The van der Waals surface area contributed by atoms with E-state index >= 15 is 0 Å². The molecular weight excluding hydrogens is 359 g/mol. The van der Waals surface area contributed by atoms with Crippen molar-refractivity contribution in [3.63, 3.8) is 0 Å². The van der Waals surface area contributed by atoms with Crippen molar-refractivity contribution in [1.29, 1.82) is 0 Å². The van der Waals surface area contributed by atoms with Crippen LogP contribution in [0.2, 0.25) is 0 Å². The summed E-state index contributed by atoms with van der Waals surface area (Å²) in [5.41, 5.74) is 5.13. The van der Waals surface area contributed by atoms with E-state index in [2.05, 4.69) is 5.32 Å². The molecule has 1 aliphatic rings. The van der Waals surface area contributed by atoms with Crippen molar-refractivity contribution in [1.82, 2.24) is 10.2 Å². The summed E-state index contributed by atoms with van der Waals surface area (Å²) >= 11 is 0. The van der Waals surface area contributed by atoms with Gasteiger partial charge in [0.05, 0.1) is 11.6 Å². The fraction of sp³-hybridized carbons (Fsp3) is 0.500. The van der Waals surface area contributed by atoms with Gasteiger partial charge >= 0.3 is 6.18 Å². The molecule has 3 N–H and O–H groups in total. The van der Waals surface area contributed by atoms with Crippen LogP contribution >= 0.6 is 12.4 Å². The molecule has 1 fully saturated rings. The van der Waals surface area contributed by atoms with Gasteiger partial charge in [-0.2, -0.15) is 13.2 Å². The Labute approximate surface area is 150 Å². The highest BCUT2D eigenvalue weighted by atomic mass is 35.5. The van der Waals surface area contributed by atoms with Crippen molar-refractivity contribution in [2.24, 2.45) is 5.73 Å². The third-order valence-corrected chi connectivity index (χ3v) is 3.89. The Kier molecular flexibility index (Phi) is 7.25. The largest absolute Gasteiger partial charge is 0.416 e. The van der Waals surface area contributed by atoms with E-state index in [1.54, 1.807) is 6.07 Å². The molecule has 1 heterocycles. The van der Waals surface area contributed by atoms with Crippen molar-refractivity contribution < 1.29 is 22.8 Å². The van der Waals surface area contributed by atoms with Gasteiger partial charge in [0, 0.05) is 13.1 Å². The number of nitrogens with zero attached hydrogens (tertiary/aromatic N) is 1. The molecule has 1 aromatic rings. The zero-order chi connectivity index (χ0) is 17.9. The second-order valence-electron chi connectivity index (χ2n) is 5.95. The van der Waals surface area contributed by atoms with Crippen LogP contribution in [-0.2, 0) is 22.3 Å². The van der Waals surface area contributed by atoms with E-state index in [-0.39, 0.29) is 24.9 Å². The van der Waals surface area contributed by atoms with E-state index in [0.29, 0.717) is 24.9 Å². The number of nitrogens with one attached hydrogen (secondary N) is 1. The Bertz CT molecular complexity index is 623. The first kappa shape index (κ1) is 21.2. The van der Waals surface area contributed by atoms with Crippen molar-refractivity contribution in [2.45, 2.75) is 44.6 Å². The lowest BCUT2D eigenvalue weighted by Gasteiger charge is -2.33. The number of hydrogen-bond acceptors (Lipinski definition) is 3. The zero-order valence-electron chi connectivity index (χ0n) is 13.7. The maximum Gasteiger partial charge on any atom is 0.416 e. The molecule has 9 heteroatoms. The number of carbonyl (C=O) groups excluding carboxylic acids is 2. The molecule has 2 amide bonds. The second-order valence-corrected chi connectivity index (χ2v) is 5.95. The molecule has 2 atom stereocenters. The number of halogens is 4. The Hall–Kier alpha value is -1.80. The molecule has 2 rings (SSSR count). The first-order chi connectivity index (χ1) is 11.2. The SMILES string of the molecule is C[C@@H](N)C(=O)NC1CCCN(Cc2cccc(C(F)(F)F)c2)C1=O.Cl. The van der Waals surface area contributed by atoms with Gasteiger partial charge in [0.25, 0.3) is 0 Å². The van der Waals surface area contributed by atoms with Crippen LogP contribution in [0.15, 0.2) is 24.3 Å². The summed E-state index contributed by atoms with van der Waals surface area (Å²) in [4.78, 5) is 25.5. The van der Waals surface area contributed by atoms with E-state index in [0.717, 1.165) is 12.1 Å². The fourth-order valence-corrected chi connectivity index (χ4v) is 2.60. The van der Waals surface area contributed by atoms with E-state index in [1.807, 2.05) is 0 Å². The normalized spacial score (nSPS) is 19.2. The van der Waals surface area contributed by atoms with E-state index in [1.165, 1.54) is 17.9 Å². The Morgan fingerprint density at radius 1 is 1.44 bits per heavy atom. The van der Waals surface area contributed by atoms with Gasteiger partial charge in [-0.1, -0.05) is 12.1 Å². The van der Waals surface area contributed by atoms with Gasteiger partial charge < -0.3 is 16.0 Å². The summed E-state index contributed by atoms with van der Waals surface area (Å²) in [6.07, 6.45) is -3.26. The molecule has 1 saturated heterocycles. The smallest absolute Gasteiger partial charge is 0.343 e. The third-order valence-electron chi connectivity index (χ3n) is 3.89. The predicted molar refractivity (Wildman–Crippen MR) is 88.9 cm³/mol. The molecule has 5 nitrogen and oxygen atoms in total. The van der Waals surface area contributed by atoms with Gasteiger partial charge in [0.1, 0.15) is 6.04 Å². The molecule has 1 aromatic carbocycles. The van der Waals surface area contributed by atoms with Crippen LogP contribution in [0.25, 0.3) is 0 Å². The standard InChI is InChI=1S/C16H20F3N3O2.ClH/c1-10(20)14(23)21-13-6-3-7-22(15(13)24)9-11-4-2-5-12(8-11)16(17,18)19;/h2,4-5,8,10,13H,3,6-7,9,20H2,1H3,(H,21,23);1H/t10-,13?;/m1./s1. The van der Waals surface area contributed by atoms with E-state index in [4.69, 9.17) is 5.73 Å². The molecular formula is C16H21ClF3N3O2. The second kappa shape index (κ2) is 8.53. The quantitative estimate of drug-likeness (QED) is 0.841. The van der Waals surface area contributed by atoms with Gasteiger partial charge in [-0.25, -0.2) is 0 Å². The zero-order valence-corrected chi connectivity index (χ0v) is 14.5. The number of carbonyl (C=O) groups is 2. The summed E-state index contributed by atoms with van der Waals surface area (Å²) in [6, 6.07) is 3.50. The van der Waals surface area contributed by atoms with Crippen LogP contribution in [0.1, 0.15) is 30.9 Å². The van der Waals surface area contributed by atoms with Crippen LogP contribution in [0, 0.1) is 0 Å². The molecule has 0 aromatic heterocycles. The van der Waals surface area contributed by atoms with Crippen molar-refractivity contribution >= 4 is 24.2 Å². The van der Waals surface area contributed by atoms with Gasteiger partial charge in [0.2, 0.25) is 11.8 Å². The van der Waals surface area contributed by atoms with Crippen LogP contribution in [0.5, 0.6) is 0 Å². The van der Waals surface area contributed by atoms with E-state index < -0.39 is 29.7 Å². The highest BCUT2D eigenvalue weighted by Gasteiger charge is 2.32. The first-order valence-electron chi connectivity index (χ1n) is 7.69. The van der Waals surface area contributed by atoms with Gasteiger partial charge in [-0.3, -0.25) is 9.59 Å². The lowest BCUT2D eigenvalue weighted by atomic mass is 10.0. The molecule has 0 bridgehead atoms. The molecule has 140 valence electrons. The lowest BCUT2D eigenvalue weighted by Crippen LogP contribution is -2.54. The van der Waals surface area contributed by atoms with Crippen molar-refractivity contribution in [3.05, 3.63) is 35.4 Å². The van der Waals surface area contributed by atoms with Crippen LogP contribution in [-0.4, -0.2) is 35.3 Å². The van der Waals surface area contributed by atoms with Gasteiger partial charge in [-0.05, 0) is 37.5 Å². The number of likely N-dealkylation sites (tertiary alicyclic amines) is 1. The van der Waals surface area contributed by atoms with Crippen molar-refractivity contribution in [3.8, 4) is 0 Å². The molecule has 0 spiro atoms. The molecule has 0 radical (unpaired) electrons. The van der Waals surface area contributed by atoms with Gasteiger partial charge in [-0.15, -0.1) is 12.4 Å². The minimum absolute atomic E-state index is 0. The number of alkyl halides is 3. The van der Waals surface area contributed by atoms with Crippen LogP contribution in [0.3, 0.4) is 0 Å². The Morgan fingerprint density at radius 3 is 2.72 bits per heavy atom. The summed E-state index contributed by atoms with van der Waals surface area (Å²) in [7, 11) is 0. The summed E-state index contributed by atoms with van der Waals surface area (Å²) < 4.78 is 38.3. The molecule has 25 heavy (non-hydrogen) atoms. The monoisotopic (exact) mass is 379 g/mol. The number of benzene rings is 1. The number of amides is 2. The minimum atomic E-state index is -4.42. The molecule has 0 aliphatic carbocycles. The maximum atomic E-state index is 12.8. The predicted octanol–water partition coefficient (Wildman–Crippen LogP) is 2.08. The van der Waals surface area contributed by atoms with Crippen LogP contribution in [0.4, 0.5) is 13.2 Å². The Morgan fingerprint density at radius 2 is 2.12 bits per heavy atom. The van der Waals surface area contributed by atoms with Crippen LogP contribution < -0.4 is 11.1 Å². The third kappa shape index (κ3) is 5.61. The molecule has 0 saturated carbocycles. The number of hydrogen-bond donors (Lipinski definition) is 2. The summed E-state index contributed by atoms with van der Waals surface area (Å²) in [5.74, 6) is -0.720. The highest BCUT2D eigenvalue weighted by molar-refractivity contribution is 5.89. The molecule has 1 unspecified atom stereocenters. The molecule has 1 aliphatic heterocycles. The number of rotatable bonds is 4. The maximum absolute atomic E-state index is 12.8. The number of nitrogens with two attached hydrogens (primary N) is 1. The van der Waals surface area contributed by atoms with Gasteiger partial charge in [0.15, 0.2) is 0 Å². The first-order valence-corrected chi connectivity index (χ1v) is 7.69. The minimum Gasteiger partial charge on any atom is -0.343 e. The van der Waals surface area contributed by atoms with E-state index in [9.17, 15) is 22.8 Å². The topological polar surface area (TPSA) is 75.4 Å². The average molecular weight is 380 g/mol. The fourth-order valence-electron chi connectivity index (χ4n) is 2.60. The highest BCUT2D eigenvalue weighted by Crippen LogP contribution is 2.30. The van der Waals surface area contributed by atoms with Crippen molar-refractivity contribution in [2.75, 3.05) is 6.54 Å². The average Bonchev–Trinajstić information content (AvgIpc) is 2.50. The summed E-state index contributed by atoms with van der Waals surface area (Å²) in [5, 5.41) is 2.58. The summed E-state index contributed by atoms with van der Waals surface area (Å²) in [6.45, 7) is 2.04. The number of piperidine rings is 1.